The van der Waals surface area contributed by atoms with Gasteiger partial charge in [-0.05, 0) is 77.0 Å². The molecule has 0 saturated carbocycles. The van der Waals surface area contributed by atoms with Crippen LogP contribution in [-0.2, 0) is 14.3 Å². The highest BCUT2D eigenvalue weighted by Crippen LogP contribution is 2.18. The monoisotopic (exact) mass is 830 g/mol. The fourth-order valence-electron chi connectivity index (χ4n) is 7.76. The Kier molecular flexibility index (Phi) is 45.6. The van der Waals surface area contributed by atoms with Crippen LogP contribution < -0.4 is 5.32 Å². The number of carbonyl (C=O) groups is 2. The van der Waals surface area contributed by atoms with Gasteiger partial charge < -0.3 is 20.3 Å². The van der Waals surface area contributed by atoms with E-state index in [9.17, 15) is 19.8 Å². The Labute approximate surface area is 366 Å². The molecule has 3 N–H and O–H groups in total. The second-order valence-corrected chi connectivity index (χ2v) is 17.6. The van der Waals surface area contributed by atoms with Crippen molar-refractivity contribution in [2.75, 3.05) is 6.61 Å². The predicted octanol–water partition coefficient (Wildman–Crippen LogP) is 15.3. The van der Waals surface area contributed by atoms with Crippen LogP contribution in [0.25, 0.3) is 0 Å². The number of nitrogens with one attached hydrogen (secondary N) is 1. The van der Waals surface area contributed by atoms with E-state index in [2.05, 4.69) is 62.5 Å². The largest absolute Gasteiger partial charge is 0.462 e. The molecule has 0 aromatic heterocycles. The Bertz CT molecular complexity index is 977. The lowest BCUT2D eigenvalue weighted by Crippen LogP contribution is -2.46. The summed E-state index contributed by atoms with van der Waals surface area (Å²) in [7, 11) is 0. The zero-order valence-electron chi connectivity index (χ0n) is 39.4. The fourth-order valence-corrected chi connectivity index (χ4v) is 7.76. The SMILES string of the molecule is CCC/C=C\CCCCCC(CC(=O)NC(CO)C(O)CCCCCCCCCCCCCCCCC)OC(=O)CCCCCCCCC/C=C\C/C=C\CCCCC. The molecule has 0 aromatic carbocycles. The summed E-state index contributed by atoms with van der Waals surface area (Å²) < 4.78 is 5.90. The summed E-state index contributed by atoms with van der Waals surface area (Å²) in [6.45, 7) is 6.39. The summed E-state index contributed by atoms with van der Waals surface area (Å²) in [4.78, 5) is 26.0. The molecule has 59 heavy (non-hydrogen) atoms. The zero-order chi connectivity index (χ0) is 43.1. The summed E-state index contributed by atoms with van der Waals surface area (Å²) in [5.74, 6) is -0.496. The molecular formula is C53H99NO5. The van der Waals surface area contributed by atoms with E-state index >= 15 is 0 Å². The first-order chi connectivity index (χ1) is 29.0. The van der Waals surface area contributed by atoms with Gasteiger partial charge in [0.1, 0.15) is 6.10 Å². The van der Waals surface area contributed by atoms with E-state index in [4.69, 9.17) is 4.74 Å². The number of amides is 1. The third-order valence-electron chi connectivity index (χ3n) is 11.7. The maximum absolute atomic E-state index is 13.1. The Morgan fingerprint density at radius 1 is 0.492 bits per heavy atom. The van der Waals surface area contributed by atoms with E-state index in [1.165, 1.54) is 128 Å². The van der Waals surface area contributed by atoms with Crippen LogP contribution in [0.4, 0.5) is 0 Å². The minimum atomic E-state index is -0.790. The molecule has 0 fully saturated rings. The van der Waals surface area contributed by atoms with Crippen LogP contribution in [0.15, 0.2) is 36.5 Å². The quantitative estimate of drug-likeness (QED) is 0.0323. The van der Waals surface area contributed by atoms with Crippen LogP contribution in [0.3, 0.4) is 0 Å². The van der Waals surface area contributed by atoms with Crippen LogP contribution in [0, 0.1) is 0 Å². The number of ether oxygens (including phenoxy) is 1. The minimum Gasteiger partial charge on any atom is -0.462 e. The minimum absolute atomic E-state index is 0.0647. The molecule has 6 nitrogen and oxygen atoms in total. The summed E-state index contributed by atoms with van der Waals surface area (Å²) in [5, 5.41) is 23.7. The molecule has 0 rings (SSSR count). The molecule has 0 aromatic rings. The number of esters is 1. The highest BCUT2D eigenvalue weighted by atomic mass is 16.5. The van der Waals surface area contributed by atoms with Gasteiger partial charge >= 0.3 is 5.97 Å². The Morgan fingerprint density at radius 2 is 0.898 bits per heavy atom. The van der Waals surface area contributed by atoms with Gasteiger partial charge in [0.15, 0.2) is 0 Å². The van der Waals surface area contributed by atoms with Crippen molar-refractivity contribution in [1.82, 2.24) is 5.32 Å². The average molecular weight is 830 g/mol. The van der Waals surface area contributed by atoms with Crippen LogP contribution in [-0.4, -0.2) is 46.9 Å². The van der Waals surface area contributed by atoms with Crippen molar-refractivity contribution in [3.63, 3.8) is 0 Å². The molecule has 0 bridgehead atoms. The van der Waals surface area contributed by atoms with Gasteiger partial charge in [-0.1, -0.05) is 211 Å². The maximum Gasteiger partial charge on any atom is 0.306 e. The summed E-state index contributed by atoms with van der Waals surface area (Å²) in [6, 6.07) is -0.704. The van der Waals surface area contributed by atoms with Gasteiger partial charge in [-0.15, -0.1) is 0 Å². The molecule has 0 aliphatic heterocycles. The highest BCUT2D eigenvalue weighted by Gasteiger charge is 2.24. The van der Waals surface area contributed by atoms with Gasteiger partial charge in [-0.3, -0.25) is 9.59 Å². The van der Waals surface area contributed by atoms with Gasteiger partial charge in [-0.2, -0.15) is 0 Å². The third kappa shape index (κ3) is 42.6. The number of carbonyl (C=O) groups excluding carboxylic acids is 2. The Balaban J connectivity index is 4.40. The smallest absolute Gasteiger partial charge is 0.306 e. The van der Waals surface area contributed by atoms with Crippen molar-refractivity contribution in [2.45, 2.75) is 283 Å². The van der Waals surface area contributed by atoms with Crippen LogP contribution in [0.2, 0.25) is 0 Å². The van der Waals surface area contributed by atoms with Gasteiger partial charge in [0.25, 0.3) is 0 Å². The van der Waals surface area contributed by atoms with Crippen molar-refractivity contribution in [1.29, 1.82) is 0 Å². The second-order valence-electron chi connectivity index (χ2n) is 17.6. The maximum atomic E-state index is 13.1. The fraction of sp³-hybridized carbons (Fsp3) is 0.849. The molecule has 0 saturated heterocycles. The average Bonchev–Trinajstić information content (AvgIpc) is 3.23. The number of rotatable bonds is 46. The first kappa shape index (κ1) is 57.1. The molecule has 6 heteroatoms. The molecule has 0 aliphatic carbocycles. The van der Waals surface area contributed by atoms with E-state index in [-0.39, 0.29) is 24.9 Å². The standard InChI is InChI=1S/C53H99NO5/c1-4-7-10-13-16-19-21-23-25-26-28-30-32-34-37-40-43-46-53(58)59-49(44-41-38-35-18-15-12-9-6-3)47-52(57)54-50(48-55)51(56)45-42-39-36-33-31-29-27-24-22-20-17-14-11-8-5-2/h12,15-16,19,23,25,49-51,55-56H,4-11,13-14,17-18,20-22,24,26-48H2,1-3H3,(H,54,57)/b15-12-,19-16-,25-23-. The summed E-state index contributed by atoms with van der Waals surface area (Å²) >= 11 is 0. The molecule has 0 radical (unpaired) electrons. The lowest BCUT2D eigenvalue weighted by atomic mass is 10.0. The van der Waals surface area contributed by atoms with Crippen LogP contribution in [0.1, 0.15) is 265 Å². The Morgan fingerprint density at radius 3 is 1.42 bits per heavy atom. The topological polar surface area (TPSA) is 95.9 Å². The zero-order valence-corrected chi connectivity index (χ0v) is 39.4. The lowest BCUT2D eigenvalue weighted by Gasteiger charge is -2.24. The van der Waals surface area contributed by atoms with E-state index in [1.54, 1.807) is 0 Å². The van der Waals surface area contributed by atoms with Crippen molar-refractivity contribution in [3.05, 3.63) is 36.5 Å². The first-order valence-electron chi connectivity index (χ1n) is 25.7. The van der Waals surface area contributed by atoms with E-state index < -0.39 is 18.2 Å². The number of hydrogen-bond donors (Lipinski definition) is 3. The number of aliphatic hydroxyl groups is 2. The van der Waals surface area contributed by atoms with Gasteiger partial charge in [0.05, 0.1) is 25.2 Å². The molecule has 0 aliphatic rings. The lowest BCUT2D eigenvalue weighted by molar-refractivity contribution is -0.151. The van der Waals surface area contributed by atoms with Gasteiger partial charge in [-0.25, -0.2) is 0 Å². The predicted molar refractivity (Wildman–Crippen MR) is 255 cm³/mol. The number of aliphatic hydroxyl groups excluding tert-OH is 2. The highest BCUT2D eigenvalue weighted by molar-refractivity contribution is 5.77. The second kappa shape index (κ2) is 47.1. The number of hydrogen-bond acceptors (Lipinski definition) is 5. The normalized spacial score (nSPS) is 13.5. The van der Waals surface area contributed by atoms with Crippen LogP contribution in [0.5, 0.6) is 0 Å². The van der Waals surface area contributed by atoms with E-state index in [0.29, 0.717) is 19.3 Å². The van der Waals surface area contributed by atoms with E-state index in [1.807, 2.05) is 0 Å². The number of allylic oxidation sites excluding steroid dienone is 6. The van der Waals surface area contributed by atoms with Crippen molar-refractivity contribution < 1.29 is 24.5 Å². The van der Waals surface area contributed by atoms with Crippen molar-refractivity contribution >= 4 is 11.9 Å². The molecular weight excluding hydrogens is 731 g/mol. The summed E-state index contributed by atoms with van der Waals surface area (Å²) in [5.41, 5.74) is 0. The molecule has 0 spiro atoms. The first-order valence-corrected chi connectivity index (χ1v) is 25.7. The van der Waals surface area contributed by atoms with Crippen LogP contribution >= 0.6 is 0 Å². The number of unbranched alkanes of at least 4 members (excludes halogenated alkanes) is 28. The van der Waals surface area contributed by atoms with Crippen molar-refractivity contribution in [2.24, 2.45) is 0 Å². The van der Waals surface area contributed by atoms with Gasteiger partial charge in [0.2, 0.25) is 5.91 Å². The molecule has 346 valence electrons. The molecule has 1 amide bonds. The third-order valence-corrected chi connectivity index (χ3v) is 11.7. The van der Waals surface area contributed by atoms with E-state index in [0.717, 1.165) is 89.9 Å². The molecule has 0 heterocycles. The van der Waals surface area contributed by atoms with Gasteiger partial charge in [0, 0.05) is 6.42 Å². The molecule has 3 atom stereocenters. The molecule has 3 unspecified atom stereocenters. The summed E-state index contributed by atoms with van der Waals surface area (Å²) in [6.07, 6.45) is 55.0. The Hall–Kier alpha value is -1.92. The van der Waals surface area contributed by atoms with Crippen molar-refractivity contribution in [3.8, 4) is 0 Å².